The van der Waals surface area contributed by atoms with E-state index in [0.29, 0.717) is 0 Å². The lowest BCUT2D eigenvalue weighted by atomic mass is 9.98. The molecule has 0 aliphatic heterocycles. The minimum absolute atomic E-state index is 0.611. The van der Waals surface area contributed by atoms with E-state index < -0.39 is 11.7 Å². The number of hydrogen-bond acceptors (Lipinski definition) is 0. The first-order valence-corrected chi connectivity index (χ1v) is 9.88. The van der Waals surface area contributed by atoms with E-state index in [1.54, 1.807) is 12.1 Å². The van der Waals surface area contributed by atoms with Crippen LogP contribution in [-0.4, -0.2) is 0 Å². The second-order valence-electron chi connectivity index (χ2n) is 7.57. The average molecular weight is 380 g/mol. The molecule has 0 atom stereocenters. The largest absolute Gasteiger partial charge is 0.416 e. The Balaban J connectivity index is 1.57. The first kappa shape index (κ1) is 18.8. The third-order valence-electron chi connectivity index (χ3n) is 5.56. The number of hydrogen-bond donors (Lipinski definition) is 0. The van der Waals surface area contributed by atoms with Gasteiger partial charge in [-0.25, -0.2) is 0 Å². The SMILES string of the molecule is CCCCCc1ccc2c(c1)Cc1cc(-c3ccc(C(F)(F)F)cc3)ccc1-2. The van der Waals surface area contributed by atoms with Crippen molar-refractivity contribution < 1.29 is 13.2 Å². The average Bonchev–Trinajstić information content (AvgIpc) is 3.04. The van der Waals surface area contributed by atoms with E-state index in [1.807, 2.05) is 6.07 Å². The van der Waals surface area contributed by atoms with Crippen molar-refractivity contribution in [3.05, 3.63) is 82.9 Å². The summed E-state index contributed by atoms with van der Waals surface area (Å²) >= 11 is 0. The zero-order valence-electron chi connectivity index (χ0n) is 15.9. The first-order valence-electron chi connectivity index (χ1n) is 9.88. The molecule has 0 N–H and O–H groups in total. The van der Waals surface area contributed by atoms with Gasteiger partial charge in [-0.2, -0.15) is 13.2 Å². The van der Waals surface area contributed by atoms with Gasteiger partial charge in [-0.3, -0.25) is 0 Å². The quantitative estimate of drug-likeness (QED) is 0.312. The number of alkyl halides is 3. The van der Waals surface area contributed by atoms with Crippen molar-refractivity contribution in [2.75, 3.05) is 0 Å². The van der Waals surface area contributed by atoms with Crippen LogP contribution in [0.3, 0.4) is 0 Å². The van der Waals surface area contributed by atoms with Crippen molar-refractivity contribution in [1.29, 1.82) is 0 Å². The molecule has 4 rings (SSSR count). The predicted octanol–water partition coefficient (Wildman–Crippen LogP) is 7.68. The predicted molar refractivity (Wildman–Crippen MR) is 108 cm³/mol. The standard InChI is InChI=1S/C25H23F3/c1-2-3-4-5-17-6-12-23-20(14-17)16-21-15-19(9-13-24(21)23)18-7-10-22(11-8-18)25(26,27)28/h6-15H,2-5,16H2,1H3. The Kier molecular flexibility index (Phi) is 5.01. The third kappa shape index (κ3) is 3.71. The van der Waals surface area contributed by atoms with Gasteiger partial charge in [-0.1, -0.05) is 68.3 Å². The fourth-order valence-electron chi connectivity index (χ4n) is 4.03. The molecule has 28 heavy (non-hydrogen) atoms. The maximum atomic E-state index is 12.8. The maximum absolute atomic E-state index is 12.8. The van der Waals surface area contributed by atoms with Crippen molar-refractivity contribution in [3.8, 4) is 22.3 Å². The van der Waals surface area contributed by atoms with Crippen LogP contribution in [0.2, 0.25) is 0 Å². The van der Waals surface area contributed by atoms with E-state index >= 15 is 0 Å². The zero-order valence-corrected chi connectivity index (χ0v) is 15.9. The van der Waals surface area contributed by atoms with Crippen molar-refractivity contribution in [1.82, 2.24) is 0 Å². The molecule has 0 unspecified atom stereocenters. The molecule has 0 heterocycles. The summed E-state index contributed by atoms with van der Waals surface area (Å²) in [5.74, 6) is 0. The molecule has 3 heteroatoms. The first-order chi connectivity index (χ1) is 13.5. The zero-order chi connectivity index (χ0) is 19.7. The van der Waals surface area contributed by atoms with Gasteiger partial charge in [-0.15, -0.1) is 0 Å². The number of rotatable bonds is 5. The molecule has 0 radical (unpaired) electrons. The molecule has 1 aliphatic carbocycles. The molecule has 0 fully saturated rings. The van der Waals surface area contributed by atoms with Crippen LogP contribution < -0.4 is 0 Å². The lowest BCUT2D eigenvalue weighted by Gasteiger charge is -2.09. The Hall–Kier alpha value is -2.55. The molecule has 0 aromatic heterocycles. The second-order valence-corrected chi connectivity index (χ2v) is 7.57. The molecule has 3 aromatic rings. The summed E-state index contributed by atoms with van der Waals surface area (Å²) in [5.41, 5.74) is 7.68. The van der Waals surface area contributed by atoms with Crippen LogP contribution in [0.1, 0.15) is 48.4 Å². The van der Waals surface area contributed by atoms with E-state index in [1.165, 1.54) is 47.1 Å². The Morgan fingerprint density at radius 1 is 0.750 bits per heavy atom. The second kappa shape index (κ2) is 7.46. The lowest BCUT2D eigenvalue weighted by molar-refractivity contribution is -0.137. The summed E-state index contributed by atoms with van der Waals surface area (Å²) in [6.45, 7) is 2.22. The summed E-state index contributed by atoms with van der Waals surface area (Å²) in [6, 6.07) is 18.4. The third-order valence-corrected chi connectivity index (χ3v) is 5.56. The van der Waals surface area contributed by atoms with Gasteiger partial charge in [0.25, 0.3) is 0 Å². The summed E-state index contributed by atoms with van der Waals surface area (Å²) in [5, 5.41) is 0. The van der Waals surface area contributed by atoms with Gasteiger partial charge in [0, 0.05) is 0 Å². The van der Waals surface area contributed by atoms with Crippen LogP contribution in [0.4, 0.5) is 13.2 Å². The van der Waals surface area contributed by atoms with Gasteiger partial charge in [0.2, 0.25) is 0 Å². The molecular formula is C25H23F3. The highest BCUT2D eigenvalue weighted by molar-refractivity contribution is 5.80. The topological polar surface area (TPSA) is 0 Å². The van der Waals surface area contributed by atoms with Crippen molar-refractivity contribution >= 4 is 0 Å². The molecule has 3 aromatic carbocycles. The van der Waals surface area contributed by atoms with Crippen LogP contribution in [0.5, 0.6) is 0 Å². The summed E-state index contributed by atoms with van der Waals surface area (Å²) in [6.07, 6.45) is 1.42. The smallest absolute Gasteiger partial charge is 0.166 e. The molecule has 144 valence electrons. The highest BCUT2D eigenvalue weighted by atomic mass is 19.4. The molecule has 0 spiro atoms. The molecule has 0 saturated carbocycles. The van der Waals surface area contributed by atoms with Crippen LogP contribution >= 0.6 is 0 Å². The van der Waals surface area contributed by atoms with Gasteiger partial charge in [0.15, 0.2) is 0 Å². The normalized spacial score (nSPS) is 12.7. The number of halogens is 3. The van der Waals surface area contributed by atoms with E-state index in [2.05, 4.69) is 37.3 Å². The lowest BCUT2D eigenvalue weighted by Crippen LogP contribution is -2.03. The summed E-state index contributed by atoms with van der Waals surface area (Å²) in [4.78, 5) is 0. The maximum Gasteiger partial charge on any atom is 0.416 e. The molecule has 0 amide bonds. The summed E-state index contributed by atoms with van der Waals surface area (Å²) < 4.78 is 38.4. The highest BCUT2D eigenvalue weighted by Gasteiger charge is 2.30. The van der Waals surface area contributed by atoms with E-state index in [-0.39, 0.29) is 0 Å². The Morgan fingerprint density at radius 2 is 1.39 bits per heavy atom. The van der Waals surface area contributed by atoms with Crippen molar-refractivity contribution in [2.45, 2.75) is 45.2 Å². The number of aryl methyl sites for hydroxylation is 1. The number of fused-ring (bicyclic) bond motifs is 3. The van der Waals surface area contributed by atoms with Gasteiger partial charge < -0.3 is 0 Å². The van der Waals surface area contributed by atoms with E-state index in [9.17, 15) is 13.2 Å². The molecule has 1 aliphatic rings. The van der Waals surface area contributed by atoms with E-state index in [4.69, 9.17) is 0 Å². The Labute approximate surface area is 164 Å². The number of unbranched alkanes of at least 4 members (excludes halogenated alkanes) is 2. The van der Waals surface area contributed by atoms with Gasteiger partial charge >= 0.3 is 6.18 Å². The van der Waals surface area contributed by atoms with Crippen LogP contribution in [0.25, 0.3) is 22.3 Å². The fraction of sp³-hybridized carbons (Fsp3) is 0.280. The monoisotopic (exact) mass is 380 g/mol. The van der Waals surface area contributed by atoms with Crippen LogP contribution in [0, 0.1) is 0 Å². The van der Waals surface area contributed by atoms with Crippen LogP contribution in [0.15, 0.2) is 60.7 Å². The van der Waals surface area contributed by atoms with Crippen molar-refractivity contribution in [2.24, 2.45) is 0 Å². The Bertz CT molecular complexity index is 982. The van der Waals surface area contributed by atoms with Gasteiger partial charge in [-0.05, 0) is 70.3 Å². The highest BCUT2D eigenvalue weighted by Crippen LogP contribution is 2.39. The number of benzene rings is 3. The van der Waals surface area contributed by atoms with Crippen molar-refractivity contribution in [3.63, 3.8) is 0 Å². The molecular weight excluding hydrogens is 357 g/mol. The van der Waals surface area contributed by atoms with Crippen LogP contribution in [-0.2, 0) is 19.0 Å². The summed E-state index contributed by atoms with van der Waals surface area (Å²) in [7, 11) is 0. The molecule has 0 nitrogen and oxygen atoms in total. The minimum atomic E-state index is -4.30. The van der Waals surface area contributed by atoms with Gasteiger partial charge in [0.1, 0.15) is 0 Å². The minimum Gasteiger partial charge on any atom is -0.166 e. The molecule has 0 saturated heterocycles. The molecule has 0 bridgehead atoms. The van der Waals surface area contributed by atoms with Gasteiger partial charge in [0.05, 0.1) is 5.56 Å². The fourth-order valence-corrected chi connectivity index (χ4v) is 4.03. The van der Waals surface area contributed by atoms with E-state index in [0.717, 1.165) is 36.1 Å². The Morgan fingerprint density at radius 3 is 2.07 bits per heavy atom.